The van der Waals surface area contributed by atoms with E-state index in [2.05, 4.69) is 0 Å². The van der Waals surface area contributed by atoms with Crippen molar-refractivity contribution in [2.45, 2.75) is 32.9 Å². The topological polar surface area (TPSA) is 49.8 Å². The summed E-state index contributed by atoms with van der Waals surface area (Å²) in [6.07, 6.45) is -0.443. The van der Waals surface area contributed by atoms with Crippen LogP contribution in [0.25, 0.3) is 0 Å². The Balaban J connectivity index is 2.72. The number of hydrogen-bond acceptors (Lipinski definition) is 3. The number of aromatic hydroxyl groups is 1. The third kappa shape index (κ3) is 4.45. The van der Waals surface area contributed by atoms with Crippen LogP contribution in [0.4, 0.5) is 4.79 Å². The van der Waals surface area contributed by atoms with Crippen molar-refractivity contribution in [1.29, 1.82) is 0 Å². The Morgan fingerprint density at radius 2 is 2.06 bits per heavy atom. The second-order valence-electron chi connectivity index (χ2n) is 5.11. The molecule has 4 nitrogen and oxygen atoms in total. The molecule has 1 rings (SSSR count). The zero-order valence-electron chi connectivity index (χ0n) is 11.0. The first kappa shape index (κ1) is 14.6. The van der Waals surface area contributed by atoms with E-state index in [0.29, 0.717) is 10.6 Å². The summed E-state index contributed by atoms with van der Waals surface area (Å²) >= 11 is 5.84. The maximum atomic E-state index is 11.7. The van der Waals surface area contributed by atoms with E-state index in [0.717, 1.165) is 0 Å². The minimum Gasteiger partial charge on any atom is -0.508 e. The van der Waals surface area contributed by atoms with Gasteiger partial charge in [-0.25, -0.2) is 4.79 Å². The molecule has 0 saturated heterocycles. The zero-order chi connectivity index (χ0) is 13.9. The molecule has 0 aliphatic carbocycles. The van der Waals surface area contributed by atoms with Crippen LogP contribution in [0.1, 0.15) is 26.3 Å². The molecule has 100 valence electrons. The maximum Gasteiger partial charge on any atom is 0.410 e. The number of carbonyl (C=O) groups excluding carboxylic acids is 1. The van der Waals surface area contributed by atoms with E-state index in [-0.39, 0.29) is 12.3 Å². The highest BCUT2D eigenvalue weighted by molar-refractivity contribution is 6.30. The Bertz CT molecular complexity index is 440. The van der Waals surface area contributed by atoms with Gasteiger partial charge in [-0.15, -0.1) is 0 Å². The molecule has 0 radical (unpaired) electrons. The lowest BCUT2D eigenvalue weighted by Crippen LogP contribution is -2.33. The van der Waals surface area contributed by atoms with Crippen LogP contribution in [-0.4, -0.2) is 28.7 Å². The average molecular weight is 272 g/mol. The number of benzene rings is 1. The van der Waals surface area contributed by atoms with Gasteiger partial charge >= 0.3 is 6.09 Å². The van der Waals surface area contributed by atoms with Gasteiger partial charge in [0.25, 0.3) is 0 Å². The van der Waals surface area contributed by atoms with Gasteiger partial charge in [0.2, 0.25) is 0 Å². The van der Waals surface area contributed by atoms with Crippen LogP contribution in [0.2, 0.25) is 5.02 Å². The summed E-state index contributed by atoms with van der Waals surface area (Å²) in [6, 6.07) is 4.71. The van der Waals surface area contributed by atoms with Crippen molar-refractivity contribution in [3.8, 4) is 5.75 Å². The predicted molar refractivity (Wildman–Crippen MR) is 70.8 cm³/mol. The molecule has 0 atom stereocenters. The predicted octanol–water partition coefficient (Wildman–Crippen LogP) is 3.41. The molecule has 1 aromatic rings. The lowest BCUT2D eigenvalue weighted by Gasteiger charge is -2.24. The smallest absolute Gasteiger partial charge is 0.410 e. The van der Waals surface area contributed by atoms with E-state index >= 15 is 0 Å². The molecule has 0 saturated carbocycles. The van der Waals surface area contributed by atoms with Gasteiger partial charge in [-0.1, -0.05) is 11.6 Å². The van der Waals surface area contributed by atoms with E-state index in [1.165, 1.54) is 11.0 Å². The van der Waals surface area contributed by atoms with Gasteiger partial charge in [-0.3, -0.25) is 0 Å². The third-order valence-electron chi connectivity index (χ3n) is 2.15. The summed E-state index contributed by atoms with van der Waals surface area (Å²) in [5.41, 5.74) is 0.0395. The monoisotopic (exact) mass is 271 g/mol. The van der Waals surface area contributed by atoms with E-state index in [9.17, 15) is 9.90 Å². The molecule has 0 aromatic heterocycles. The van der Waals surface area contributed by atoms with Crippen molar-refractivity contribution < 1.29 is 14.6 Å². The molecule has 0 unspecified atom stereocenters. The van der Waals surface area contributed by atoms with Crippen LogP contribution in [0.15, 0.2) is 18.2 Å². The molecule has 18 heavy (non-hydrogen) atoms. The average Bonchev–Trinajstić information content (AvgIpc) is 2.21. The molecule has 0 fully saturated rings. The minimum absolute atomic E-state index is 0.106. The van der Waals surface area contributed by atoms with E-state index in [1.54, 1.807) is 40.0 Å². The second-order valence-corrected chi connectivity index (χ2v) is 5.55. The number of nitrogens with zero attached hydrogens (tertiary/aromatic N) is 1. The van der Waals surface area contributed by atoms with Crippen LogP contribution in [0, 0.1) is 0 Å². The lowest BCUT2D eigenvalue weighted by molar-refractivity contribution is 0.0284. The number of rotatable bonds is 2. The first-order valence-corrected chi connectivity index (χ1v) is 5.98. The largest absolute Gasteiger partial charge is 0.508 e. The fraction of sp³-hybridized carbons (Fsp3) is 0.462. The van der Waals surface area contributed by atoms with Crippen LogP contribution < -0.4 is 0 Å². The fourth-order valence-corrected chi connectivity index (χ4v) is 1.54. The van der Waals surface area contributed by atoms with Crippen molar-refractivity contribution in [2.75, 3.05) is 7.05 Å². The Labute approximate surface area is 112 Å². The highest BCUT2D eigenvalue weighted by Crippen LogP contribution is 2.23. The van der Waals surface area contributed by atoms with Crippen LogP contribution in [-0.2, 0) is 11.3 Å². The number of phenols is 1. The van der Waals surface area contributed by atoms with Gasteiger partial charge in [-0.2, -0.15) is 0 Å². The second kappa shape index (κ2) is 5.48. The van der Waals surface area contributed by atoms with Gasteiger partial charge in [0.05, 0.1) is 6.54 Å². The molecule has 1 amide bonds. The minimum atomic E-state index is -0.540. The van der Waals surface area contributed by atoms with Crippen LogP contribution >= 0.6 is 11.6 Å². The molecule has 0 aliphatic heterocycles. The zero-order valence-corrected chi connectivity index (χ0v) is 11.8. The Hall–Kier alpha value is -1.42. The number of ether oxygens (including phenoxy) is 1. The number of carbonyl (C=O) groups is 1. The summed E-state index contributed by atoms with van der Waals surface area (Å²) in [6.45, 7) is 5.64. The molecule has 0 bridgehead atoms. The first-order chi connectivity index (χ1) is 8.19. The van der Waals surface area contributed by atoms with Gasteiger partial charge < -0.3 is 14.7 Å². The molecule has 0 aliphatic rings. The molecule has 0 heterocycles. The number of hydrogen-bond donors (Lipinski definition) is 1. The molecular formula is C13H18ClNO3. The van der Waals surface area contributed by atoms with Crippen molar-refractivity contribution in [3.63, 3.8) is 0 Å². The number of amides is 1. The number of halogens is 1. The normalized spacial score (nSPS) is 11.2. The molecule has 1 aromatic carbocycles. The summed E-state index contributed by atoms with van der Waals surface area (Å²) < 4.78 is 5.21. The Morgan fingerprint density at radius 3 is 2.61 bits per heavy atom. The first-order valence-electron chi connectivity index (χ1n) is 5.60. The van der Waals surface area contributed by atoms with Crippen molar-refractivity contribution >= 4 is 17.7 Å². The lowest BCUT2D eigenvalue weighted by atomic mass is 10.2. The van der Waals surface area contributed by atoms with Gasteiger partial charge in [0, 0.05) is 17.6 Å². The van der Waals surface area contributed by atoms with Gasteiger partial charge in [0.15, 0.2) is 0 Å². The highest BCUT2D eigenvalue weighted by Gasteiger charge is 2.20. The molecule has 0 spiro atoms. The Morgan fingerprint density at radius 1 is 1.44 bits per heavy atom. The van der Waals surface area contributed by atoms with E-state index < -0.39 is 11.7 Å². The fourth-order valence-electron chi connectivity index (χ4n) is 1.34. The standard InChI is InChI=1S/C13H18ClNO3/c1-13(2,3)18-12(17)15(4)8-9-7-10(14)5-6-11(9)16/h5-7,16H,8H2,1-4H3. The summed E-state index contributed by atoms with van der Waals surface area (Å²) in [5.74, 6) is 0.106. The summed E-state index contributed by atoms with van der Waals surface area (Å²) in [7, 11) is 1.61. The SMILES string of the molecule is CN(Cc1cc(Cl)ccc1O)C(=O)OC(C)(C)C. The van der Waals surface area contributed by atoms with E-state index in [4.69, 9.17) is 16.3 Å². The molecule has 5 heteroatoms. The molecule has 1 N–H and O–H groups in total. The van der Waals surface area contributed by atoms with Crippen LogP contribution in [0.3, 0.4) is 0 Å². The van der Waals surface area contributed by atoms with Gasteiger partial charge in [0.1, 0.15) is 11.4 Å². The summed E-state index contributed by atoms with van der Waals surface area (Å²) in [4.78, 5) is 13.1. The van der Waals surface area contributed by atoms with E-state index in [1.807, 2.05) is 0 Å². The molecular weight excluding hydrogens is 254 g/mol. The van der Waals surface area contributed by atoms with Crippen molar-refractivity contribution in [1.82, 2.24) is 4.90 Å². The number of phenolic OH excluding ortho intramolecular Hbond substituents is 1. The summed E-state index contributed by atoms with van der Waals surface area (Å²) in [5, 5.41) is 10.2. The van der Waals surface area contributed by atoms with Crippen molar-refractivity contribution in [2.24, 2.45) is 0 Å². The Kier molecular flexibility index (Phi) is 4.46. The quantitative estimate of drug-likeness (QED) is 0.897. The highest BCUT2D eigenvalue weighted by atomic mass is 35.5. The van der Waals surface area contributed by atoms with Crippen molar-refractivity contribution in [3.05, 3.63) is 28.8 Å². The van der Waals surface area contributed by atoms with Gasteiger partial charge in [-0.05, 0) is 39.0 Å². The van der Waals surface area contributed by atoms with Crippen LogP contribution in [0.5, 0.6) is 5.75 Å². The third-order valence-corrected chi connectivity index (χ3v) is 2.39. The maximum absolute atomic E-state index is 11.7.